The molecule has 15 heteroatoms. The van der Waals surface area contributed by atoms with Gasteiger partial charge in [0.05, 0.1) is 21.2 Å². The van der Waals surface area contributed by atoms with Crippen molar-refractivity contribution in [2.75, 3.05) is 29.2 Å². The molecule has 0 aliphatic rings. The van der Waals surface area contributed by atoms with Crippen LogP contribution in [0.4, 0.5) is 17.1 Å². The second kappa shape index (κ2) is 13.8. The molecule has 0 radical (unpaired) electrons. The summed E-state index contributed by atoms with van der Waals surface area (Å²) in [5, 5.41) is 4.93. The van der Waals surface area contributed by atoms with Gasteiger partial charge in [0.2, 0.25) is 0 Å². The molecule has 0 fully saturated rings. The first-order valence-electron chi connectivity index (χ1n) is 15.3. The topological polar surface area (TPSA) is 178 Å². The first-order chi connectivity index (χ1) is 24.5. The van der Waals surface area contributed by atoms with E-state index in [9.17, 15) is 40.3 Å². The Balaban J connectivity index is 1.41. The molecule has 0 heterocycles. The summed E-state index contributed by atoms with van der Waals surface area (Å²) in [5.74, 6) is -1.71. The van der Waals surface area contributed by atoms with Crippen molar-refractivity contribution in [2.24, 2.45) is 0 Å². The van der Waals surface area contributed by atoms with Gasteiger partial charge in [-0.2, -0.15) is 16.8 Å². The zero-order valence-electron chi connectivity index (χ0n) is 27.3. The molecule has 264 valence electrons. The molecule has 0 unspecified atom stereocenters. The number of hydrogen-bond donors (Lipinski definition) is 3. The number of carbonyl (C=O) groups is 3. The third-order valence-electron chi connectivity index (χ3n) is 8.36. The summed E-state index contributed by atoms with van der Waals surface area (Å²) in [5.41, 5.74) is 1.17. The predicted molar refractivity (Wildman–Crippen MR) is 199 cm³/mol. The van der Waals surface area contributed by atoms with Crippen LogP contribution in [0.25, 0.3) is 21.5 Å². The Hall–Kier alpha value is -5.64. The lowest BCUT2D eigenvalue weighted by Gasteiger charge is -2.22. The van der Waals surface area contributed by atoms with Crippen molar-refractivity contribution in [3.05, 3.63) is 137 Å². The molecule has 0 aromatic heterocycles. The number of hydrogen-bond acceptors (Lipinski definition) is 7. The monoisotopic (exact) mass is 757 g/mol. The highest BCUT2D eigenvalue weighted by Gasteiger charge is 2.23. The Labute approximate surface area is 303 Å². The van der Waals surface area contributed by atoms with Crippen LogP contribution in [0.1, 0.15) is 31.1 Å². The van der Waals surface area contributed by atoms with Crippen LogP contribution in [-0.2, 0) is 20.2 Å². The van der Waals surface area contributed by atoms with Crippen molar-refractivity contribution in [3.63, 3.8) is 0 Å². The van der Waals surface area contributed by atoms with E-state index in [1.807, 2.05) is 0 Å². The van der Waals surface area contributed by atoms with Gasteiger partial charge >= 0.3 is 0 Å². The van der Waals surface area contributed by atoms with Gasteiger partial charge in [-0.3, -0.25) is 23.5 Å². The Morgan fingerprint density at radius 1 is 0.577 bits per heavy atom. The van der Waals surface area contributed by atoms with E-state index in [4.69, 9.17) is 11.6 Å². The number of nitrogens with one attached hydrogen (secondary N) is 1. The van der Waals surface area contributed by atoms with E-state index < -0.39 is 38.0 Å². The third kappa shape index (κ3) is 7.37. The first-order valence-corrected chi connectivity index (χ1v) is 18.6. The molecule has 3 N–H and O–H groups in total. The van der Waals surface area contributed by atoms with E-state index in [0.29, 0.717) is 37.9 Å². The maximum Gasteiger partial charge on any atom is 0.294 e. The van der Waals surface area contributed by atoms with Gasteiger partial charge in [-0.25, -0.2) is 0 Å². The summed E-state index contributed by atoms with van der Waals surface area (Å²) >= 11 is 6.09. The minimum Gasteiger partial charge on any atom is -0.322 e. The number of rotatable bonds is 8. The van der Waals surface area contributed by atoms with Crippen LogP contribution >= 0.6 is 11.6 Å². The fraction of sp³-hybridized carbons (Fsp3) is 0.0541. The predicted octanol–water partition coefficient (Wildman–Crippen LogP) is 6.95. The minimum atomic E-state index is -4.48. The van der Waals surface area contributed by atoms with E-state index in [-0.39, 0.29) is 32.2 Å². The van der Waals surface area contributed by atoms with Crippen molar-refractivity contribution in [1.82, 2.24) is 0 Å². The number of carbonyl (C=O) groups excluding carboxylic acids is 3. The lowest BCUT2D eigenvalue weighted by Crippen LogP contribution is -2.29. The molecule has 0 saturated carbocycles. The molecule has 0 saturated heterocycles. The molecule has 0 aliphatic heterocycles. The van der Waals surface area contributed by atoms with Crippen molar-refractivity contribution in [3.8, 4) is 0 Å². The standard InChI is InChI=1S/C37H28ClN3O9S2/c1-40(33-10-4-6-22-20-29(51(45,46)47)12-14-31(22)33)36(43)25-16-26(19-28(18-25)39-35(42)24-8-3-9-27(38)17-24)37(44)41(2)34-11-5-7-23-21-30(52(48,49)50)13-15-32(23)34/h3-21H,1-2H3,(H,39,42)(H,45,46,47)(H,48,49,50). The van der Waals surface area contributed by atoms with Crippen molar-refractivity contribution in [2.45, 2.75) is 9.79 Å². The summed E-state index contributed by atoms with van der Waals surface area (Å²) in [6.07, 6.45) is 0. The van der Waals surface area contributed by atoms with Gasteiger partial charge in [0.15, 0.2) is 0 Å². The largest absolute Gasteiger partial charge is 0.322 e. The van der Waals surface area contributed by atoms with Gasteiger partial charge in [-0.15, -0.1) is 0 Å². The number of nitrogens with zero attached hydrogens (tertiary/aromatic N) is 2. The number of halogens is 1. The van der Waals surface area contributed by atoms with E-state index in [1.165, 1.54) is 84.6 Å². The fourth-order valence-electron chi connectivity index (χ4n) is 5.78. The second-order valence-corrected chi connectivity index (χ2v) is 15.0. The van der Waals surface area contributed by atoms with E-state index in [2.05, 4.69) is 5.32 Å². The molecule has 0 atom stereocenters. The van der Waals surface area contributed by atoms with Gasteiger partial charge in [0.25, 0.3) is 38.0 Å². The number of fused-ring (bicyclic) bond motifs is 2. The highest BCUT2D eigenvalue weighted by atomic mass is 35.5. The van der Waals surface area contributed by atoms with Crippen LogP contribution in [0.2, 0.25) is 5.02 Å². The molecule has 52 heavy (non-hydrogen) atoms. The van der Waals surface area contributed by atoms with E-state index >= 15 is 0 Å². The van der Waals surface area contributed by atoms with Gasteiger partial charge in [-0.05, 0) is 83.6 Å². The van der Waals surface area contributed by atoms with Crippen molar-refractivity contribution >= 4 is 88.2 Å². The highest BCUT2D eigenvalue weighted by molar-refractivity contribution is 7.86. The van der Waals surface area contributed by atoms with Crippen molar-refractivity contribution < 1.29 is 40.3 Å². The third-order valence-corrected chi connectivity index (χ3v) is 10.3. The fourth-order valence-corrected chi connectivity index (χ4v) is 7.00. The van der Waals surface area contributed by atoms with Crippen LogP contribution in [0.5, 0.6) is 0 Å². The van der Waals surface area contributed by atoms with Crippen LogP contribution in [0.15, 0.2) is 125 Å². The van der Waals surface area contributed by atoms with Gasteiger partial charge < -0.3 is 15.1 Å². The Bertz CT molecular complexity index is 2530. The second-order valence-electron chi connectivity index (χ2n) is 11.8. The van der Waals surface area contributed by atoms with Crippen LogP contribution < -0.4 is 15.1 Å². The average Bonchev–Trinajstić information content (AvgIpc) is 3.11. The Kier molecular flexibility index (Phi) is 9.61. The first kappa shape index (κ1) is 36.2. The summed E-state index contributed by atoms with van der Waals surface area (Å²) in [6.45, 7) is 0. The highest BCUT2D eigenvalue weighted by Crippen LogP contribution is 2.32. The molecular formula is C37H28ClN3O9S2. The molecule has 12 nitrogen and oxygen atoms in total. The van der Waals surface area contributed by atoms with Crippen LogP contribution in [0, 0.1) is 0 Å². The van der Waals surface area contributed by atoms with Crippen LogP contribution in [-0.4, -0.2) is 57.8 Å². The average molecular weight is 758 g/mol. The molecule has 3 amide bonds. The molecule has 6 rings (SSSR count). The Morgan fingerprint density at radius 2 is 1.04 bits per heavy atom. The summed E-state index contributed by atoms with van der Waals surface area (Å²) in [4.78, 5) is 43.5. The summed E-state index contributed by atoms with van der Waals surface area (Å²) in [7, 11) is -5.96. The molecule has 6 aromatic carbocycles. The van der Waals surface area contributed by atoms with E-state index in [1.54, 1.807) is 54.6 Å². The zero-order chi connectivity index (χ0) is 37.5. The van der Waals surface area contributed by atoms with Gasteiger partial charge in [-0.1, -0.05) is 54.1 Å². The van der Waals surface area contributed by atoms with Crippen molar-refractivity contribution in [1.29, 1.82) is 0 Å². The van der Waals surface area contributed by atoms with E-state index in [0.717, 1.165) is 0 Å². The minimum absolute atomic E-state index is 0.0189. The normalized spacial score (nSPS) is 11.7. The van der Waals surface area contributed by atoms with Gasteiger partial charge in [0.1, 0.15) is 0 Å². The molecule has 0 bridgehead atoms. The molecule has 6 aromatic rings. The molecule has 0 spiro atoms. The maximum atomic E-state index is 14.1. The Morgan fingerprint density at radius 3 is 1.48 bits per heavy atom. The zero-order valence-corrected chi connectivity index (χ0v) is 29.7. The SMILES string of the molecule is CN(C(=O)c1cc(NC(=O)c2cccc(Cl)c2)cc(C(=O)N(C)c2cccc3cc(S(=O)(=O)O)ccc23)c1)c1cccc2cc(S(=O)(=O)O)ccc12. The lowest BCUT2D eigenvalue weighted by atomic mass is 10.0. The van der Waals surface area contributed by atoms with Crippen LogP contribution in [0.3, 0.4) is 0 Å². The maximum absolute atomic E-state index is 14.1. The lowest BCUT2D eigenvalue weighted by molar-refractivity contribution is 0.0988. The quantitative estimate of drug-likeness (QED) is 0.139. The van der Waals surface area contributed by atoms with Gasteiger partial charge in [0, 0.05) is 52.3 Å². The smallest absolute Gasteiger partial charge is 0.294 e. The number of anilines is 3. The number of benzene rings is 6. The molecular weight excluding hydrogens is 730 g/mol. The summed E-state index contributed by atoms with van der Waals surface area (Å²) in [6, 6.07) is 28.1. The summed E-state index contributed by atoms with van der Waals surface area (Å²) < 4.78 is 66.0. The molecule has 0 aliphatic carbocycles. The number of amides is 3.